The number of Topliss-reactive ketones (excluding diaryl/α,β-unsaturated/α-hetero) is 1. The Morgan fingerprint density at radius 2 is 2.04 bits per heavy atom. The molecule has 6 heteroatoms. The van der Waals surface area contributed by atoms with Gasteiger partial charge < -0.3 is 20.6 Å². The Morgan fingerprint density at radius 3 is 2.63 bits per heavy atom. The molecule has 27 heavy (non-hydrogen) atoms. The Balaban J connectivity index is 1.97. The van der Waals surface area contributed by atoms with Crippen molar-refractivity contribution in [3.05, 3.63) is 24.3 Å². The van der Waals surface area contributed by atoms with E-state index in [1.54, 1.807) is 0 Å². The number of hydrogen-bond donors (Lipinski definition) is 4. The van der Waals surface area contributed by atoms with Gasteiger partial charge in [0.15, 0.2) is 5.78 Å². The molecule has 0 aromatic carbocycles. The molecule has 6 nitrogen and oxygen atoms in total. The molecule has 1 saturated heterocycles. The average Bonchev–Trinajstić information content (AvgIpc) is 2.96. The summed E-state index contributed by atoms with van der Waals surface area (Å²) in [7, 11) is 0. The maximum atomic E-state index is 13.7. The molecule has 3 unspecified atom stereocenters. The summed E-state index contributed by atoms with van der Waals surface area (Å²) in [6.07, 6.45) is 9.40. The molecule has 1 aliphatic heterocycles. The Labute approximate surface area is 160 Å². The molecule has 2 aliphatic carbocycles. The van der Waals surface area contributed by atoms with E-state index in [1.807, 2.05) is 32.1 Å². The van der Waals surface area contributed by atoms with Gasteiger partial charge >= 0.3 is 0 Å². The first-order chi connectivity index (χ1) is 12.9. The van der Waals surface area contributed by atoms with Crippen molar-refractivity contribution in [1.29, 1.82) is 0 Å². The SMILES string of the molecule is C/C=C\[C@@H]1C=C[C@@H]2CC(CO)CC[C@H]2[C@]1(C)C(=O)C1C(=O)N[C@@H](CO)C1O. The fourth-order valence-electron chi connectivity index (χ4n) is 5.46. The molecule has 0 aromatic rings. The summed E-state index contributed by atoms with van der Waals surface area (Å²) in [6.45, 7) is 3.59. The summed E-state index contributed by atoms with van der Waals surface area (Å²) < 4.78 is 0. The van der Waals surface area contributed by atoms with E-state index in [1.165, 1.54) is 0 Å². The Morgan fingerprint density at radius 1 is 1.30 bits per heavy atom. The van der Waals surface area contributed by atoms with E-state index in [-0.39, 0.29) is 36.1 Å². The van der Waals surface area contributed by atoms with E-state index in [9.17, 15) is 24.9 Å². The number of nitrogens with one attached hydrogen (secondary N) is 1. The summed E-state index contributed by atoms with van der Waals surface area (Å²) in [4.78, 5) is 26.1. The normalized spacial score (nSPS) is 44.3. The largest absolute Gasteiger partial charge is 0.396 e. The lowest BCUT2D eigenvalue weighted by Gasteiger charge is -2.50. The number of carbonyl (C=O) groups is 2. The minimum atomic E-state index is -1.21. The number of aliphatic hydroxyl groups is 3. The van der Waals surface area contributed by atoms with Gasteiger partial charge in [-0.2, -0.15) is 0 Å². The van der Waals surface area contributed by atoms with Crippen LogP contribution in [-0.4, -0.2) is 52.4 Å². The fraction of sp³-hybridized carbons (Fsp3) is 0.714. The lowest BCUT2D eigenvalue weighted by atomic mass is 9.52. The van der Waals surface area contributed by atoms with Crippen LogP contribution in [0.3, 0.4) is 0 Å². The van der Waals surface area contributed by atoms with Crippen molar-refractivity contribution in [3.8, 4) is 0 Å². The number of aliphatic hydroxyl groups excluding tert-OH is 3. The van der Waals surface area contributed by atoms with Gasteiger partial charge in [0.25, 0.3) is 0 Å². The van der Waals surface area contributed by atoms with Gasteiger partial charge in [-0.3, -0.25) is 9.59 Å². The molecule has 8 atom stereocenters. The van der Waals surface area contributed by atoms with Crippen molar-refractivity contribution < 1.29 is 24.9 Å². The third kappa shape index (κ3) is 3.28. The second-order valence-electron chi connectivity index (χ2n) is 8.48. The molecule has 0 bridgehead atoms. The number of fused-ring (bicyclic) bond motifs is 1. The van der Waals surface area contributed by atoms with Crippen molar-refractivity contribution >= 4 is 11.7 Å². The van der Waals surface area contributed by atoms with Crippen LogP contribution in [-0.2, 0) is 9.59 Å². The quantitative estimate of drug-likeness (QED) is 0.419. The highest BCUT2D eigenvalue weighted by Crippen LogP contribution is 2.54. The van der Waals surface area contributed by atoms with E-state index in [2.05, 4.69) is 11.4 Å². The lowest BCUT2D eigenvalue weighted by Crippen LogP contribution is -2.53. The third-order valence-electron chi connectivity index (χ3n) is 7.07. The van der Waals surface area contributed by atoms with Crippen LogP contribution in [0.15, 0.2) is 24.3 Å². The zero-order valence-corrected chi connectivity index (χ0v) is 16.0. The molecule has 1 amide bonds. The van der Waals surface area contributed by atoms with Crippen LogP contribution in [0.1, 0.15) is 33.1 Å². The van der Waals surface area contributed by atoms with Gasteiger partial charge in [0, 0.05) is 17.9 Å². The van der Waals surface area contributed by atoms with Crippen molar-refractivity contribution in [1.82, 2.24) is 5.32 Å². The maximum absolute atomic E-state index is 13.7. The first kappa shape index (κ1) is 20.2. The van der Waals surface area contributed by atoms with Gasteiger partial charge in [-0.25, -0.2) is 0 Å². The van der Waals surface area contributed by atoms with Crippen molar-refractivity contribution in [2.45, 2.75) is 45.3 Å². The van der Waals surface area contributed by atoms with Crippen LogP contribution in [0.5, 0.6) is 0 Å². The molecule has 2 fully saturated rings. The topological polar surface area (TPSA) is 107 Å². The zero-order chi connectivity index (χ0) is 19.8. The van der Waals surface area contributed by atoms with Crippen LogP contribution in [0, 0.1) is 35.0 Å². The second-order valence-corrected chi connectivity index (χ2v) is 8.48. The standard InChI is InChI=1S/C21H31NO5/c1-3-4-14-7-6-13-9-12(10-23)5-8-15(13)21(14,2)19(26)17-18(25)16(11-24)22-20(17)27/h3-4,6-7,12-18,23-25H,5,8-11H2,1-2H3,(H,22,27)/b4-3-/t12?,13-,14-,15-,16+,17?,18?,21-/m1/s1. The molecule has 0 spiro atoms. The van der Waals surface area contributed by atoms with Gasteiger partial charge in [0.05, 0.1) is 18.8 Å². The molecular weight excluding hydrogens is 346 g/mol. The van der Waals surface area contributed by atoms with Crippen molar-refractivity contribution in [2.75, 3.05) is 13.2 Å². The Hall–Kier alpha value is -1.50. The Bertz CT molecular complexity index is 644. The second kappa shape index (κ2) is 7.86. The summed E-state index contributed by atoms with van der Waals surface area (Å²) >= 11 is 0. The van der Waals surface area contributed by atoms with Gasteiger partial charge in [-0.15, -0.1) is 0 Å². The third-order valence-corrected chi connectivity index (χ3v) is 7.07. The predicted molar refractivity (Wildman–Crippen MR) is 100 cm³/mol. The van der Waals surface area contributed by atoms with Crippen LogP contribution in [0.4, 0.5) is 0 Å². The van der Waals surface area contributed by atoms with E-state index >= 15 is 0 Å². The zero-order valence-electron chi connectivity index (χ0n) is 16.0. The van der Waals surface area contributed by atoms with E-state index in [0.717, 1.165) is 19.3 Å². The minimum Gasteiger partial charge on any atom is -0.396 e. The van der Waals surface area contributed by atoms with Gasteiger partial charge in [0.1, 0.15) is 5.92 Å². The number of hydrogen-bond acceptors (Lipinski definition) is 5. The maximum Gasteiger partial charge on any atom is 0.233 e. The number of amides is 1. The summed E-state index contributed by atoms with van der Waals surface area (Å²) in [5.74, 6) is -1.55. The molecule has 3 aliphatic rings. The van der Waals surface area contributed by atoms with Crippen LogP contribution >= 0.6 is 0 Å². The molecule has 3 rings (SSSR count). The smallest absolute Gasteiger partial charge is 0.233 e. The molecule has 0 radical (unpaired) electrons. The number of ketones is 1. The molecule has 0 aromatic heterocycles. The summed E-state index contributed by atoms with van der Waals surface area (Å²) in [6, 6.07) is -0.796. The van der Waals surface area contributed by atoms with E-state index in [4.69, 9.17) is 0 Å². The number of carbonyl (C=O) groups excluding carboxylic acids is 2. The average molecular weight is 377 g/mol. The monoisotopic (exact) mass is 377 g/mol. The molecule has 1 heterocycles. The molecular formula is C21H31NO5. The van der Waals surface area contributed by atoms with Gasteiger partial charge in [-0.05, 0) is 43.9 Å². The van der Waals surface area contributed by atoms with Crippen LogP contribution in [0.25, 0.3) is 0 Å². The highest BCUT2D eigenvalue weighted by Gasteiger charge is 2.57. The first-order valence-electron chi connectivity index (χ1n) is 9.94. The molecule has 1 saturated carbocycles. The summed E-state index contributed by atoms with van der Waals surface area (Å²) in [5.41, 5.74) is -0.806. The first-order valence-corrected chi connectivity index (χ1v) is 9.94. The lowest BCUT2D eigenvalue weighted by molar-refractivity contribution is -0.147. The van der Waals surface area contributed by atoms with E-state index in [0.29, 0.717) is 0 Å². The van der Waals surface area contributed by atoms with Crippen LogP contribution in [0.2, 0.25) is 0 Å². The number of rotatable bonds is 5. The summed E-state index contributed by atoms with van der Waals surface area (Å²) in [5, 5.41) is 32.0. The fourth-order valence-corrected chi connectivity index (χ4v) is 5.46. The highest BCUT2D eigenvalue weighted by molar-refractivity contribution is 6.06. The predicted octanol–water partition coefficient (Wildman–Crippen LogP) is 0.816. The Kier molecular flexibility index (Phi) is 5.89. The molecule has 150 valence electrons. The van der Waals surface area contributed by atoms with Crippen molar-refractivity contribution in [3.63, 3.8) is 0 Å². The van der Waals surface area contributed by atoms with Gasteiger partial charge in [0.2, 0.25) is 5.91 Å². The molecule has 4 N–H and O–H groups in total. The van der Waals surface area contributed by atoms with Crippen LogP contribution < -0.4 is 5.32 Å². The van der Waals surface area contributed by atoms with E-state index < -0.39 is 36.0 Å². The van der Waals surface area contributed by atoms with Gasteiger partial charge in [-0.1, -0.05) is 31.2 Å². The highest BCUT2D eigenvalue weighted by atomic mass is 16.3. The number of allylic oxidation sites excluding steroid dienone is 4. The minimum absolute atomic E-state index is 0.0622. The van der Waals surface area contributed by atoms with Crippen molar-refractivity contribution in [2.24, 2.45) is 35.0 Å².